The van der Waals surface area contributed by atoms with Crippen molar-refractivity contribution in [1.82, 2.24) is 9.55 Å². The fraction of sp³-hybridized carbons (Fsp3) is 0.125. The van der Waals surface area contributed by atoms with E-state index in [0.29, 0.717) is 22.3 Å². The summed E-state index contributed by atoms with van der Waals surface area (Å²) in [6, 6.07) is 12.8. The highest BCUT2D eigenvalue weighted by molar-refractivity contribution is 6.42. The summed E-state index contributed by atoms with van der Waals surface area (Å²) in [5.41, 5.74) is 2.51. The van der Waals surface area contributed by atoms with Crippen molar-refractivity contribution in [3.63, 3.8) is 0 Å². The summed E-state index contributed by atoms with van der Waals surface area (Å²) in [7, 11) is 0. The van der Waals surface area contributed by atoms with Gasteiger partial charge >= 0.3 is 5.97 Å². The lowest BCUT2D eigenvalue weighted by Gasteiger charge is -2.07. The summed E-state index contributed by atoms with van der Waals surface area (Å²) >= 11 is 11.9. The van der Waals surface area contributed by atoms with Gasteiger partial charge in [-0.25, -0.2) is 4.98 Å². The molecule has 1 aromatic heterocycles. The predicted molar refractivity (Wildman–Crippen MR) is 86.6 cm³/mol. The van der Waals surface area contributed by atoms with E-state index in [1.54, 1.807) is 16.7 Å². The van der Waals surface area contributed by atoms with Crippen LogP contribution in [-0.4, -0.2) is 20.6 Å². The number of hydrogen-bond acceptors (Lipinski definition) is 2. The number of carboxylic acids is 1. The average molecular weight is 335 g/mol. The molecule has 0 fully saturated rings. The lowest BCUT2D eigenvalue weighted by atomic mass is 10.1. The van der Waals surface area contributed by atoms with Gasteiger partial charge in [-0.2, -0.15) is 0 Å². The van der Waals surface area contributed by atoms with Crippen LogP contribution in [0.4, 0.5) is 0 Å². The standard InChI is InChI=1S/C16H12Cl2N2O2/c17-11-6-5-10(7-12(11)18)8-15-19-13-3-1-2-4-14(13)20(15)9-16(21)22/h1-7H,8-9H2,(H,21,22). The van der Waals surface area contributed by atoms with Crippen LogP contribution in [0.3, 0.4) is 0 Å². The summed E-state index contributed by atoms with van der Waals surface area (Å²) in [5, 5.41) is 10.1. The molecule has 0 atom stereocenters. The van der Waals surface area contributed by atoms with Gasteiger partial charge in [0.15, 0.2) is 0 Å². The Morgan fingerprint density at radius 3 is 2.64 bits per heavy atom. The van der Waals surface area contributed by atoms with Crippen LogP contribution in [-0.2, 0) is 17.8 Å². The van der Waals surface area contributed by atoms with Gasteiger partial charge < -0.3 is 9.67 Å². The molecule has 0 spiro atoms. The zero-order valence-corrected chi connectivity index (χ0v) is 13.0. The molecule has 6 heteroatoms. The van der Waals surface area contributed by atoms with Crippen LogP contribution < -0.4 is 0 Å². The van der Waals surface area contributed by atoms with Crippen molar-refractivity contribution in [1.29, 1.82) is 0 Å². The Labute approximate surface area is 136 Å². The number of aliphatic carboxylic acids is 1. The summed E-state index contributed by atoms with van der Waals surface area (Å²) in [6.45, 7) is -0.128. The molecule has 0 radical (unpaired) electrons. The smallest absolute Gasteiger partial charge is 0.323 e. The maximum absolute atomic E-state index is 11.1. The van der Waals surface area contributed by atoms with Crippen LogP contribution in [0, 0.1) is 0 Å². The van der Waals surface area contributed by atoms with E-state index < -0.39 is 5.97 Å². The normalized spacial score (nSPS) is 11.0. The number of fused-ring (bicyclic) bond motifs is 1. The average Bonchev–Trinajstić information content (AvgIpc) is 2.80. The van der Waals surface area contributed by atoms with Crippen molar-refractivity contribution in [2.75, 3.05) is 0 Å². The number of rotatable bonds is 4. The van der Waals surface area contributed by atoms with E-state index in [9.17, 15) is 4.79 Å². The maximum Gasteiger partial charge on any atom is 0.323 e. The summed E-state index contributed by atoms with van der Waals surface area (Å²) in [5.74, 6) is -0.222. The maximum atomic E-state index is 11.1. The van der Waals surface area contributed by atoms with Gasteiger partial charge in [0.1, 0.15) is 12.4 Å². The van der Waals surface area contributed by atoms with Crippen LogP contribution in [0.2, 0.25) is 10.0 Å². The largest absolute Gasteiger partial charge is 0.480 e. The number of carbonyl (C=O) groups is 1. The van der Waals surface area contributed by atoms with Gasteiger partial charge in [-0.05, 0) is 29.8 Å². The highest BCUT2D eigenvalue weighted by Crippen LogP contribution is 2.25. The third-order valence-corrected chi connectivity index (χ3v) is 4.11. The number of carboxylic acid groups (broad SMARTS) is 1. The molecule has 0 saturated carbocycles. The molecule has 3 aromatic rings. The number of hydrogen-bond donors (Lipinski definition) is 1. The Kier molecular flexibility index (Phi) is 4.05. The molecule has 0 saturated heterocycles. The second kappa shape index (κ2) is 5.99. The third-order valence-electron chi connectivity index (χ3n) is 3.37. The van der Waals surface area contributed by atoms with E-state index >= 15 is 0 Å². The van der Waals surface area contributed by atoms with Crippen LogP contribution in [0.1, 0.15) is 11.4 Å². The first-order valence-electron chi connectivity index (χ1n) is 6.64. The number of benzene rings is 2. The van der Waals surface area contributed by atoms with Gasteiger partial charge in [0.2, 0.25) is 0 Å². The van der Waals surface area contributed by atoms with Crippen LogP contribution in [0.15, 0.2) is 42.5 Å². The minimum atomic E-state index is -0.904. The molecule has 0 amide bonds. The van der Waals surface area contributed by atoms with Gasteiger partial charge in [0, 0.05) is 6.42 Å². The predicted octanol–water partition coefficient (Wildman–Crippen LogP) is 4.02. The van der Waals surface area contributed by atoms with E-state index in [4.69, 9.17) is 28.3 Å². The molecule has 0 aliphatic rings. The van der Waals surface area contributed by atoms with Crippen molar-refractivity contribution in [3.05, 3.63) is 63.9 Å². The third kappa shape index (κ3) is 2.93. The molecule has 4 nitrogen and oxygen atoms in total. The molecule has 0 aliphatic carbocycles. The Hall–Kier alpha value is -2.04. The van der Waals surface area contributed by atoms with Gasteiger partial charge in [0.05, 0.1) is 21.1 Å². The molecule has 1 N–H and O–H groups in total. The molecule has 0 unspecified atom stereocenters. The topological polar surface area (TPSA) is 55.1 Å². The molecule has 2 aromatic carbocycles. The zero-order valence-electron chi connectivity index (χ0n) is 11.5. The molecule has 0 bridgehead atoms. The monoisotopic (exact) mass is 334 g/mol. The van der Waals surface area contributed by atoms with Gasteiger partial charge in [-0.3, -0.25) is 4.79 Å². The number of para-hydroxylation sites is 2. The van der Waals surface area contributed by atoms with Gasteiger partial charge in [-0.1, -0.05) is 41.4 Å². The first-order chi connectivity index (χ1) is 10.5. The highest BCUT2D eigenvalue weighted by atomic mass is 35.5. The Morgan fingerprint density at radius 2 is 1.91 bits per heavy atom. The van der Waals surface area contributed by atoms with Crippen molar-refractivity contribution in [2.24, 2.45) is 0 Å². The minimum Gasteiger partial charge on any atom is -0.480 e. The van der Waals surface area contributed by atoms with Crippen molar-refractivity contribution in [2.45, 2.75) is 13.0 Å². The van der Waals surface area contributed by atoms with E-state index in [1.165, 1.54) is 0 Å². The first kappa shape index (κ1) is 14.9. The van der Waals surface area contributed by atoms with E-state index in [1.807, 2.05) is 30.3 Å². The summed E-state index contributed by atoms with van der Waals surface area (Å²) < 4.78 is 1.71. The van der Waals surface area contributed by atoms with E-state index in [2.05, 4.69) is 4.98 Å². The fourth-order valence-corrected chi connectivity index (χ4v) is 2.72. The second-order valence-corrected chi connectivity index (χ2v) is 5.74. The molecular weight excluding hydrogens is 323 g/mol. The SMILES string of the molecule is O=C(O)Cn1c(Cc2ccc(Cl)c(Cl)c2)nc2ccccc21. The van der Waals surface area contributed by atoms with Gasteiger partial charge in [0.25, 0.3) is 0 Å². The summed E-state index contributed by atoms with van der Waals surface area (Å²) in [6.07, 6.45) is 0.485. The number of aromatic nitrogens is 2. The molecule has 1 heterocycles. The van der Waals surface area contributed by atoms with Crippen molar-refractivity contribution >= 4 is 40.2 Å². The minimum absolute atomic E-state index is 0.128. The Bertz CT molecular complexity index is 858. The first-order valence-corrected chi connectivity index (χ1v) is 7.40. The number of imidazole rings is 1. The second-order valence-electron chi connectivity index (χ2n) is 4.92. The van der Waals surface area contributed by atoms with Crippen molar-refractivity contribution < 1.29 is 9.90 Å². The molecular formula is C16H12Cl2N2O2. The van der Waals surface area contributed by atoms with Crippen LogP contribution in [0.5, 0.6) is 0 Å². The molecule has 22 heavy (non-hydrogen) atoms. The Balaban J connectivity index is 2.05. The van der Waals surface area contributed by atoms with E-state index in [0.717, 1.165) is 16.6 Å². The summed E-state index contributed by atoms with van der Waals surface area (Å²) in [4.78, 5) is 15.7. The molecule has 0 aliphatic heterocycles. The number of nitrogens with zero attached hydrogens (tertiary/aromatic N) is 2. The van der Waals surface area contributed by atoms with Crippen LogP contribution >= 0.6 is 23.2 Å². The Morgan fingerprint density at radius 1 is 1.14 bits per heavy atom. The van der Waals surface area contributed by atoms with E-state index in [-0.39, 0.29) is 6.54 Å². The lowest BCUT2D eigenvalue weighted by molar-refractivity contribution is -0.137. The zero-order chi connectivity index (χ0) is 15.7. The fourth-order valence-electron chi connectivity index (χ4n) is 2.40. The van der Waals surface area contributed by atoms with Crippen LogP contribution in [0.25, 0.3) is 11.0 Å². The molecule has 112 valence electrons. The highest BCUT2D eigenvalue weighted by Gasteiger charge is 2.13. The van der Waals surface area contributed by atoms with Gasteiger partial charge in [-0.15, -0.1) is 0 Å². The lowest BCUT2D eigenvalue weighted by Crippen LogP contribution is -2.12. The number of halogens is 2. The van der Waals surface area contributed by atoms with Crippen molar-refractivity contribution in [3.8, 4) is 0 Å². The molecule has 3 rings (SSSR count). The quantitative estimate of drug-likeness (QED) is 0.783.